The molecule has 1 aliphatic carbocycles. The third-order valence-electron chi connectivity index (χ3n) is 2.34. The van der Waals surface area contributed by atoms with Crippen LogP contribution in [-0.4, -0.2) is 23.3 Å². The first-order valence-electron chi connectivity index (χ1n) is 6.54. The predicted octanol–water partition coefficient (Wildman–Crippen LogP) is 3.20. The maximum absolute atomic E-state index is 5.77. The van der Waals surface area contributed by atoms with Crippen molar-refractivity contribution in [3.05, 3.63) is 12.3 Å². The molecule has 2 rings (SSSR count). The summed E-state index contributed by atoms with van der Waals surface area (Å²) in [6.07, 6.45) is 4.45. The third kappa shape index (κ3) is 3.79. The van der Waals surface area contributed by atoms with Gasteiger partial charge in [-0.25, -0.2) is 4.98 Å². The Morgan fingerprint density at radius 1 is 1.06 bits per heavy atom. The van der Waals surface area contributed by atoms with Crippen molar-refractivity contribution in [2.24, 2.45) is 0 Å². The summed E-state index contributed by atoms with van der Waals surface area (Å²) < 4.78 is 17.1. The monoisotopic (exact) mass is 251 g/mol. The van der Waals surface area contributed by atoms with E-state index in [1.54, 1.807) is 12.3 Å². The number of rotatable bonds is 6. The fraction of sp³-hybridized carbons (Fsp3) is 0.643. The minimum atomic E-state index is 0.0969. The number of aromatic nitrogens is 1. The van der Waals surface area contributed by atoms with Crippen molar-refractivity contribution < 1.29 is 14.2 Å². The lowest BCUT2D eigenvalue weighted by molar-refractivity contribution is 0.206. The number of nitrogens with zero attached hydrogens (tertiary/aromatic N) is 1. The van der Waals surface area contributed by atoms with Crippen LogP contribution in [0, 0.1) is 0 Å². The number of pyridine rings is 1. The van der Waals surface area contributed by atoms with E-state index in [9.17, 15) is 0 Å². The SMILES string of the molecule is CC(C)Oc1cc(OC(C)C)c(OC2CC2)cn1. The summed E-state index contributed by atoms with van der Waals surface area (Å²) in [4.78, 5) is 4.24. The van der Waals surface area contributed by atoms with E-state index in [1.807, 2.05) is 27.7 Å². The van der Waals surface area contributed by atoms with Crippen molar-refractivity contribution in [3.63, 3.8) is 0 Å². The minimum Gasteiger partial charge on any atom is -0.487 e. The molecule has 4 heteroatoms. The summed E-state index contributed by atoms with van der Waals surface area (Å²) in [5.41, 5.74) is 0. The molecule has 0 unspecified atom stereocenters. The van der Waals surface area contributed by atoms with E-state index in [2.05, 4.69) is 4.98 Å². The zero-order valence-corrected chi connectivity index (χ0v) is 11.5. The van der Waals surface area contributed by atoms with Crippen LogP contribution in [0.25, 0.3) is 0 Å². The molecule has 1 saturated carbocycles. The maximum atomic E-state index is 5.77. The third-order valence-corrected chi connectivity index (χ3v) is 2.34. The van der Waals surface area contributed by atoms with Crippen LogP contribution < -0.4 is 14.2 Å². The van der Waals surface area contributed by atoms with Crippen molar-refractivity contribution in [1.82, 2.24) is 4.98 Å². The summed E-state index contributed by atoms with van der Waals surface area (Å²) >= 11 is 0. The van der Waals surface area contributed by atoms with E-state index in [0.29, 0.717) is 23.5 Å². The molecule has 4 nitrogen and oxygen atoms in total. The molecule has 0 aromatic carbocycles. The second kappa shape index (κ2) is 5.46. The van der Waals surface area contributed by atoms with Crippen LogP contribution in [-0.2, 0) is 0 Å². The van der Waals surface area contributed by atoms with E-state index in [4.69, 9.17) is 14.2 Å². The fourth-order valence-corrected chi connectivity index (χ4v) is 1.51. The molecule has 1 heterocycles. The molecule has 0 radical (unpaired) electrons. The second-order valence-electron chi connectivity index (χ2n) is 5.12. The molecular weight excluding hydrogens is 230 g/mol. The Balaban J connectivity index is 2.16. The van der Waals surface area contributed by atoms with Crippen LogP contribution in [0.15, 0.2) is 12.3 Å². The standard InChI is InChI=1S/C14H21NO3/c1-9(2)16-12-7-14(17-10(3)4)15-8-13(12)18-11-5-6-11/h7-11H,5-6H2,1-4H3. The van der Waals surface area contributed by atoms with Crippen LogP contribution in [0.5, 0.6) is 17.4 Å². The van der Waals surface area contributed by atoms with Gasteiger partial charge in [0.1, 0.15) is 0 Å². The highest BCUT2D eigenvalue weighted by Crippen LogP contribution is 2.35. The van der Waals surface area contributed by atoms with Crippen molar-refractivity contribution in [2.75, 3.05) is 0 Å². The Labute approximate surface area is 108 Å². The normalized spacial score (nSPS) is 15.0. The number of hydrogen-bond acceptors (Lipinski definition) is 4. The van der Waals surface area contributed by atoms with E-state index in [-0.39, 0.29) is 12.2 Å². The molecule has 1 aromatic heterocycles. The summed E-state index contributed by atoms with van der Waals surface area (Å²) in [6.45, 7) is 7.92. The average Bonchev–Trinajstić information content (AvgIpc) is 3.04. The Morgan fingerprint density at radius 3 is 2.28 bits per heavy atom. The largest absolute Gasteiger partial charge is 0.487 e. The van der Waals surface area contributed by atoms with Crippen LogP contribution in [0.2, 0.25) is 0 Å². The highest BCUT2D eigenvalue weighted by molar-refractivity contribution is 5.41. The Kier molecular flexibility index (Phi) is 3.94. The molecule has 0 aliphatic heterocycles. The first kappa shape index (κ1) is 13.0. The lowest BCUT2D eigenvalue weighted by atomic mass is 10.3. The molecule has 0 N–H and O–H groups in total. The van der Waals surface area contributed by atoms with Gasteiger partial charge in [0.15, 0.2) is 11.5 Å². The van der Waals surface area contributed by atoms with Gasteiger partial charge in [-0.15, -0.1) is 0 Å². The molecule has 1 aliphatic rings. The van der Waals surface area contributed by atoms with Crippen LogP contribution in [0.3, 0.4) is 0 Å². The van der Waals surface area contributed by atoms with Gasteiger partial charge in [0.2, 0.25) is 5.88 Å². The molecule has 1 aromatic rings. The molecule has 0 saturated heterocycles. The quantitative estimate of drug-likeness (QED) is 0.778. The van der Waals surface area contributed by atoms with Crippen molar-refractivity contribution >= 4 is 0 Å². The molecule has 0 spiro atoms. The zero-order chi connectivity index (χ0) is 13.1. The molecular formula is C14H21NO3. The van der Waals surface area contributed by atoms with E-state index in [1.165, 1.54) is 0 Å². The summed E-state index contributed by atoms with van der Waals surface area (Å²) in [6, 6.07) is 1.80. The lowest BCUT2D eigenvalue weighted by Gasteiger charge is -2.16. The first-order valence-corrected chi connectivity index (χ1v) is 6.54. The highest BCUT2D eigenvalue weighted by atomic mass is 16.5. The second-order valence-corrected chi connectivity index (χ2v) is 5.12. The molecule has 100 valence electrons. The van der Waals surface area contributed by atoms with Crippen LogP contribution >= 0.6 is 0 Å². The Bertz CT molecular complexity index is 400. The number of ether oxygens (including phenoxy) is 3. The van der Waals surface area contributed by atoms with Gasteiger partial charge in [-0.1, -0.05) is 0 Å². The summed E-state index contributed by atoms with van der Waals surface area (Å²) in [5.74, 6) is 1.99. The molecule has 0 atom stereocenters. The van der Waals surface area contributed by atoms with E-state index < -0.39 is 0 Å². The molecule has 0 bridgehead atoms. The van der Waals surface area contributed by atoms with Gasteiger partial charge >= 0.3 is 0 Å². The first-order chi connectivity index (χ1) is 8.54. The Morgan fingerprint density at radius 2 is 1.72 bits per heavy atom. The van der Waals surface area contributed by atoms with Crippen LogP contribution in [0.4, 0.5) is 0 Å². The number of hydrogen-bond donors (Lipinski definition) is 0. The van der Waals surface area contributed by atoms with Gasteiger partial charge < -0.3 is 14.2 Å². The fourth-order valence-electron chi connectivity index (χ4n) is 1.51. The van der Waals surface area contributed by atoms with Crippen molar-refractivity contribution in [2.45, 2.75) is 58.8 Å². The smallest absolute Gasteiger partial charge is 0.217 e. The Hall–Kier alpha value is -1.45. The van der Waals surface area contributed by atoms with E-state index in [0.717, 1.165) is 12.8 Å². The molecule has 0 amide bonds. The lowest BCUT2D eigenvalue weighted by Crippen LogP contribution is -2.10. The maximum Gasteiger partial charge on any atom is 0.217 e. The minimum absolute atomic E-state index is 0.0969. The van der Waals surface area contributed by atoms with Crippen molar-refractivity contribution in [1.29, 1.82) is 0 Å². The van der Waals surface area contributed by atoms with E-state index >= 15 is 0 Å². The van der Waals surface area contributed by atoms with Gasteiger partial charge in [-0.05, 0) is 40.5 Å². The van der Waals surface area contributed by atoms with Gasteiger partial charge in [-0.2, -0.15) is 0 Å². The van der Waals surface area contributed by atoms with Gasteiger partial charge in [0.25, 0.3) is 0 Å². The zero-order valence-electron chi connectivity index (χ0n) is 11.5. The van der Waals surface area contributed by atoms with Gasteiger partial charge in [0.05, 0.1) is 24.5 Å². The van der Waals surface area contributed by atoms with Gasteiger partial charge in [-0.3, -0.25) is 0 Å². The molecule has 18 heavy (non-hydrogen) atoms. The predicted molar refractivity (Wildman–Crippen MR) is 69.4 cm³/mol. The average molecular weight is 251 g/mol. The van der Waals surface area contributed by atoms with Crippen LogP contribution in [0.1, 0.15) is 40.5 Å². The van der Waals surface area contributed by atoms with Crippen molar-refractivity contribution in [3.8, 4) is 17.4 Å². The highest BCUT2D eigenvalue weighted by Gasteiger charge is 2.25. The summed E-state index contributed by atoms with van der Waals surface area (Å²) in [5, 5.41) is 0. The van der Waals surface area contributed by atoms with Gasteiger partial charge in [0, 0.05) is 6.07 Å². The summed E-state index contributed by atoms with van der Waals surface area (Å²) in [7, 11) is 0. The topological polar surface area (TPSA) is 40.6 Å². The molecule has 1 fully saturated rings.